The van der Waals surface area contributed by atoms with Crippen LogP contribution >= 0.6 is 11.3 Å². The summed E-state index contributed by atoms with van der Waals surface area (Å²) in [5, 5.41) is 1.78. The summed E-state index contributed by atoms with van der Waals surface area (Å²) in [5.41, 5.74) is 2.56. The maximum Gasteiger partial charge on any atom is 0.304 e. The zero-order chi connectivity index (χ0) is 9.26. The Morgan fingerprint density at radius 1 is 1.46 bits per heavy atom. The van der Waals surface area contributed by atoms with Crippen molar-refractivity contribution in [2.75, 3.05) is 0 Å². The Balaban J connectivity index is 2.52. The molecule has 0 aliphatic rings. The second kappa shape index (κ2) is 3.14. The van der Waals surface area contributed by atoms with Gasteiger partial charge in [0.1, 0.15) is 0 Å². The Morgan fingerprint density at radius 2 is 2.31 bits per heavy atom. The molecule has 3 nitrogen and oxygen atoms in total. The van der Waals surface area contributed by atoms with Gasteiger partial charge in [0.15, 0.2) is 0 Å². The van der Waals surface area contributed by atoms with Crippen molar-refractivity contribution in [3.63, 3.8) is 0 Å². The first kappa shape index (κ1) is 8.19. The van der Waals surface area contributed by atoms with Crippen LogP contribution in [0.4, 0.5) is 0 Å². The molecule has 0 unspecified atom stereocenters. The second-order valence-corrected chi connectivity index (χ2v) is 3.57. The molecular weight excluding hydrogens is 184 g/mol. The molecule has 0 radical (unpaired) electrons. The van der Waals surface area contributed by atoms with Crippen molar-refractivity contribution in [2.24, 2.45) is 0 Å². The monoisotopic (exact) mass is 192 g/mol. The van der Waals surface area contributed by atoms with Crippen LogP contribution < -0.4 is 4.87 Å². The fraction of sp³-hybridized carbons (Fsp3) is 0.111. The van der Waals surface area contributed by atoms with Crippen molar-refractivity contribution in [3.05, 3.63) is 38.9 Å². The second-order valence-electron chi connectivity index (χ2n) is 2.73. The molecule has 0 bridgehead atoms. The molecule has 0 atom stereocenters. The fourth-order valence-corrected chi connectivity index (χ4v) is 1.67. The van der Waals surface area contributed by atoms with Crippen LogP contribution in [0.1, 0.15) is 5.69 Å². The maximum absolute atomic E-state index is 10.9. The van der Waals surface area contributed by atoms with Gasteiger partial charge in [-0.2, -0.15) is 0 Å². The highest BCUT2D eigenvalue weighted by atomic mass is 32.1. The van der Waals surface area contributed by atoms with E-state index < -0.39 is 0 Å². The standard InChI is InChI=1S/C9H8N2OS/c1-6-3-2-4-7(10-6)8-5-13-9(12)11-8/h2-5H,1H3,(H,11,12). The largest absolute Gasteiger partial charge is 0.311 e. The number of aromatic amines is 1. The van der Waals surface area contributed by atoms with Gasteiger partial charge in [-0.1, -0.05) is 17.4 Å². The third-order valence-electron chi connectivity index (χ3n) is 1.68. The van der Waals surface area contributed by atoms with Crippen LogP contribution in [0, 0.1) is 6.92 Å². The fourth-order valence-electron chi connectivity index (χ4n) is 1.10. The molecule has 0 amide bonds. The Morgan fingerprint density at radius 3 is 2.92 bits per heavy atom. The van der Waals surface area contributed by atoms with E-state index in [1.807, 2.05) is 25.1 Å². The highest BCUT2D eigenvalue weighted by molar-refractivity contribution is 7.07. The van der Waals surface area contributed by atoms with E-state index in [4.69, 9.17) is 0 Å². The van der Waals surface area contributed by atoms with Crippen LogP contribution in [0.3, 0.4) is 0 Å². The first-order valence-corrected chi connectivity index (χ1v) is 4.75. The van der Waals surface area contributed by atoms with Crippen LogP contribution in [0.15, 0.2) is 28.4 Å². The smallest absolute Gasteiger partial charge is 0.304 e. The summed E-state index contributed by atoms with van der Waals surface area (Å²) in [5.74, 6) is 0. The number of thiazole rings is 1. The van der Waals surface area contributed by atoms with E-state index in [2.05, 4.69) is 9.97 Å². The number of rotatable bonds is 1. The molecule has 0 aliphatic heterocycles. The zero-order valence-corrected chi connectivity index (χ0v) is 7.89. The van der Waals surface area contributed by atoms with E-state index in [0.717, 1.165) is 28.4 Å². The van der Waals surface area contributed by atoms with Crippen molar-refractivity contribution >= 4 is 11.3 Å². The summed E-state index contributed by atoms with van der Waals surface area (Å²) in [6.07, 6.45) is 0. The van der Waals surface area contributed by atoms with Crippen LogP contribution in [0.2, 0.25) is 0 Å². The summed E-state index contributed by atoms with van der Waals surface area (Å²) in [6.45, 7) is 1.92. The van der Waals surface area contributed by atoms with E-state index in [-0.39, 0.29) is 4.87 Å². The van der Waals surface area contributed by atoms with Gasteiger partial charge < -0.3 is 4.98 Å². The van der Waals surface area contributed by atoms with E-state index in [9.17, 15) is 4.79 Å². The van der Waals surface area contributed by atoms with E-state index in [0.29, 0.717) is 0 Å². The Labute approximate surface area is 79.1 Å². The minimum Gasteiger partial charge on any atom is -0.311 e. The molecule has 2 heterocycles. The number of nitrogens with zero attached hydrogens (tertiary/aromatic N) is 1. The number of hydrogen-bond acceptors (Lipinski definition) is 3. The molecular formula is C9H8N2OS. The number of aromatic nitrogens is 2. The number of aryl methyl sites for hydroxylation is 1. The van der Waals surface area contributed by atoms with E-state index in [1.54, 1.807) is 5.38 Å². The van der Waals surface area contributed by atoms with Gasteiger partial charge in [-0.3, -0.25) is 9.78 Å². The predicted octanol–water partition coefficient (Wildman–Crippen LogP) is 1.81. The van der Waals surface area contributed by atoms with Crippen molar-refractivity contribution in [3.8, 4) is 11.4 Å². The minimum atomic E-state index is -0.0432. The van der Waals surface area contributed by atoms with Gasteiger partial charge in [0.25, 0.3) is 0 Å². The third kappa shape index (κ3) is 1.67. The Hall–Kier alpha value is -1.42. The molecule has 2 rings (SSSR count). The summed E-state index contributed by atoms with van der Waals surface area (Å²) in [7, 11) is 0. The lowest BCUT2D eigenvalue weighted by molar-refractivity contribution is 1.18. The number of H-pyrrole nitrogens is 1. The van der Waals surface area contributed by atoms with Gasteiger partial charge in [-0.05, 0) is 19.1 Å². The highest BCUT2D eigenvalue weighted by Gasteiger charge is 2.00. The molecule has 0 fully saturated rings. The van der Waals surface area contributed by atoms with Gasteiger partial charge in [0, 0.05) is 11.1 Å². The molecule has 4 heteroatoms. The average Bonchev–Trinajstić information content (AvgIpc) is 2.52. The minimum absolute atomic E-state index is 0.0432. The van der Waals surface area contributed by atoms with Gasteiger partial charge in [-0.15, -0.1) is 0 Å². The van der Waals surface area contributed by atoms with Gasteiger partial charge in [-0.25, -0.2) is 0 Å². The lowest BCUT2D eigenvalue weighted by Gasteiger charge is -1.96. The van der Waals surface area contributed by atoms with Crippen LogP contribution in [0.5, 0.6) is 0 Å². The topological polar surface area (TPSA) is 45.8 Å². The summed E-state index contributed by atoms with van der Waals surface area (Å²) in [4.78, 5) is 17.9. The Bertz CT molecular complexity index is 472. The molecule has 2 aromatic rings. The zero-order valence-electron chi connectivity index (χ0n) is 7.07. The van der Waals surface area contributed by atoms with Gasteiger partial charge in [0.2, 0.25) is 0 Å². The average molecular weight is 192 g/mol. The lowest BCUT2D eigenvalue weighted by Crippen LogP contribution is -1.93. The molecule has 0 spiro atoms. The van der Waals surface area contributed by atoms with Crippen molar-refractivity contribution in [2.45, 2.75) is 6.92 Å². The molecule has 1 N–H and O–H groups in total. The molecule has 0 aromatic carbocycles. The van der Waals surface area contributed by atoms with Gasteiger partial charge >= 0.3 is 4.87 Å². The third-order valence-corrected chi connectivity index (χ3v) is 2.35. The van der Waals surface area contributed by atoms with Crippen LogP contribution in [-0.4, -0.2) is 9.97 Å². The molecule has 66 valence electrons. The Kier molecular flexibility index (Phi) is 1.98. The summed E-state index contributed by atoms with van der Waals surface area (Å²) < 4.78 is 0. The number of pyridine rings is 1. The maximum atomic E-state index is 10.9. The first-order chi connectivity index (χ1) is 6.25. The molecule has 0 saturated carbocycles. The van der Waals surface area contributed by atoms with Crippen LogP contribution in [-0.2, 0) is 0 Å². The number of nitrogens with one attached hydrogen (secondary N) is 1. The molecule has 0 saturated heterocycles. The van der Waals surface area contributed by atoms with Gasteiger partial charge in [0.05, 0.1) is 11.4 Å². The molecule has 0 aliphatic carbocycles. The summed E-state index contributed by atoms with van der Waals surface area (Å²) >= 11 is 1.15. The van der Waals surface area contributed by atoms with Crippen molar-refractivity contribution < 1.29 is 0 Å². The SMILES string of the molecule is Cc1cccc(-c2csc(=O)[nH]2)n1. The quantitative estimate of drug-likeness (QED) is 0.749. The summed E-state index contributed by atoms with van der Waals surface area (Å²) in [6, 6.07) is 5.73. The molecule has 2 aromatic heterocycles. The van der Waals surface area contributed by atoms with E-state index in [1.165, 1.54) is 0 Å². The van der Waals surface area contributed by atoms with Crippen molar-refractivity contribution in [1.29, 1.82) is 0 Å². The normalized spacial score (nSPS) is 10.2. The highest BCUT2D eigenvalue weighted by Crippen LogP contribution is 2.13. The first-order valence-electron chi connectivity index (χ1n) is 3.87. The van der Waals surface area contributed by atoms with Crippen molar-refractivity contribution in [1.82, 2.24) is 9.97 Å². The predicted molar refractivity (Wildman–Crippen MR) is 52.9 cm³/mol. The lowest BCUT2D eigenvalue weighted by atomic mass is 10.3. The van der Waals surface area contributed by atoms with Crippen LogP contribution in [0.25, 0.3) is 11.4 Å². The number of hydrogen-bond donors (Lipinski definition) is 1. The molecule has 13 heavy (non-hydrogen) atoms. The van der Waals surface area contributed by atoms with E-state index >= 15 is 0 Å².